The van der Waals surface area contributed by atoms with Crippen LogP contribution in [0.4, 0.5) is 0 Å². The smallest absolute Gasteiger partial charge is 0.257 e. The van der Waals surface area contributed by atoms with E-state index in [0.29, 0.717) is 82.8 Å². The molecule has 30 heteroatoms. The number of nitrogens with zero attached hydrogens (tertiary/aromatic N) is 12. The van der Waals surface area contributed by atoms with Crippen LogP contribution in [0.1, 0.15) is 171 Å². The van der Waals surface area contributed by atoms with Gasteiger partial charge in [0.1, 0.15) is 56.0 Å². The molecule has 4 aliphatic rings. The number of aromatic nitrogens is 12. The van der Waals surface area contributed by atoms with Crippen molar-refractivity contribution < 1.29 is 49.1 Å². The molecule has 0 spiro atoms. The van der Waals surface area contributed by atoms with Gasteiger partial charge in [0.2, 0.25) is 33.1 Å². The van der Waals surface area contributed by atoms with Crippen molar-refractivity contribution in [2.45, 2.75) is 153 Å². The third-order valence-electron chi connectivity index (χ3n) is 23.5. The molecule has 12 heterocycles. The molecule has 0 bridgehead atoms. The highest BCUT2D eigenvalue weighted by Crippen LogP contribution is 2.34. The van der Waals surface area contributed by atoms with E-state index in [-0.39, 0.29) is 91.6 Å². The van der Waals surface area contributed by atoms with Crippen molar-refractivity contribution in [2.24, 2.45) is 0 Å². The maximum absolute atomic E-state index is 13.0. The number of aliphatic hydroxyl groups is 4. The molecule has 0 atom stereocenters. The lowest BCUT2D eigenvalue weighted by Crippen LogP contribution is -2.39. The Hall–Kier alpha value is -15.8. The summed E-state index contributed by atoms with van der Waals surface area (Å²) < 4.78 is 8.36. The molecule has 30 nitrogen and oxygen atoms in total. The monoisotopic (exact) mass is 1790 g/mol. The zero-order valence-electron chi connectivity index (χ0n) is 74.6. The number of rotatable bonds is 20. The van der Waals surface area contributed by atoms with Crippen LogP contribution in [0.25, 0.3) is 112 Å². The second-order valence-electron chi connectivity index (χ2n) is 36.0. The largest absolute Gasteiger partial charge is 0.618 e. The van der Waals surface area contributed by atoms with Gasteiger partial charge in [0, 0.05) is 150 Å². The lowest BCUT2D eigenvalue weighted by Gasteiger charge is -2.18. The molecule has 12 aromatic heterocycles. The summed E-state index contributed by atoms with van der Waals surface area (Å²) in [6.07, 6.45) is 26.1. The van der Waals surface area contributed by atoms with Crippen LogP contribution in [0.15, 0.2) is 288 Å². The standard InChI is InChI=1S/2C26H24N4O4.2C26H24N4O3/c1-26(2,33)17-10-12-30(34)22(14-17)16-5-3-6-19(13-16)29-15-21(25(32)28-18-8-9-18)23(31)20-7-4-11-27-24(20)29;1-26(2,33)22-14-17(10-12-30(22)34)16-5-3-6-19(13-16)29-15-21(25(32)28-18-8-9-18)23(31)20-7-4-11-27-24(20)29;1-26(2,33)17-8-11-22(28-14-17)16-5-3-6-19(13-16)30-15-21(25(32)29-18-9-10-18)23(31)20-7-4-12-27-24(20)30;1-26(2,33)22-14-17(10-12-27-22)16-5-3-6-19(13-16)30-15-21(25(32)29-18-8-9-18)23(31)20-7-4-11-28-24(20)30/h2*3-7,10-15,18,33H,8-9H2,1-2H3,(H,28,32);3-8,11-15,18,33H,9-10H2,1-2H3,(H,29,32);3-7,10-15,18,33H,8-9H2,1-2H3,(H,29,32). The van der Waals surface area contributed by atoms with Crippen LogP contribution in [-0.2, 0) is 22.4 Å². The predicted octanol–water partition coefficient (Wildman–Crippen LogP) is 12.7. The summed E-state index contributed by atoms with van der Waals surface area (Å²) >= 11 is 0. The average Bonchev–Trinajstić information content (AvgIpc) is 0.955. The third kappa shape index (κ3) is 19.9. The molecule has 20 rings (SSSR count). The maximum Gasteiger partial charge on any atom is 0.257 e. The molecule has 4 fully saturated rings. The number of carbonyl (C=O) groups excluding carboxylic acids is 4. The van der Waals surface area contributed by atoms with Gasteiger partial charge in [-0.05, 0) is 256 Å². The molecule has 4 aliphatic carbocycles. The van der Waals surface area contributed by atoms with Crippen LogP contribution >= 0.6 is 0 Å². The number of amides is 4. The first kappa shape index (κ1) is 90.2. The Labute approximate surface area is 767 Å². The van der Waals surface area contributed by atoms with E-state index in [2.05, 4.69) is 51.2 Å². The summed E-state index contributed by atoms with van der Waals surface area (Å²) in [7, 11) is 0. The molecule has 0 unspecified atom stereocenters. The highest BCUT2D eigenvalue weighted by Gasteiger charge is 2.33. The van der Waals surface area contributed by atoms with E-state index in [9.17, 15) is 69.2 Å². The van der Waals surface area contributed by atoms with Crippen molar-refractivity contribution in [1.82, 2.24) is 69.4 Å². The molecule has 4 amide bonds. The van der Waals surface area contributed by atoms with Crippen molar-refractivity contribution in [2.75, 3.05) is 0 Å². The SMILES string of the molecule is CC(C)(O)c1cc(-c2cccc(-n3cc(C(=O)NC4CC4)c(=O)c4cccnc43)c2)cc[n+]1[O-].CC(C)(O)c1cc(-c2cccc(-n3cc(C(=O)NC4CC4)c(=O)c4cccnc43)c2)ccn1.CC(C)(O)c1cc[n+]([O-])c(-c2cccc(-n3cc(C(=O)NC4CC4)c(=O)c4cccnc43)c2)c1.CC(C)(O)c1ccc(-c2cccc(-n3cc(C(=O)NC4CC4)c(=O)c4cccnc43)c2)nc1. The van der Waals surface area contributed by atoms with Gasteiger partial charge in [-0.25, -0.2) is 19.9 Å². The summed E-state index contributed by atoms with van der Waals surface area (Å²) in [4.78, 5) is 130. The zero-order valence-corrected chi connectivity index (χ0v) is 74.6. The highest BCUT2D eigenvalue weighted by molar-refractivity contribution is 6.00. The second kappa shape index (κ2) is 36.5. The van der Waals surface area contributed by atoms with E-state index in [4.69, 9.17) is 0 Å². The Morgan fingerprint density at radius 1 is 0.336 bits per heavy atom. The van der Waals surface area contributed by atoms with Crippen LogP contribution < -0.4 is 52.4 Å². The van der Waals surface area contributed by atoms with E-state index >= 15 is 0 Å². The average molecular weight is 1790 g/mol. The van der Waals surface area contributed by atoms with Crippen LogP contribution in [0.5, 0.6) is 0 Å². The normalized spacial score (nSPS) is 13.8. The van der Waals surface area contributed by atoms with Crippen LogP contribution in [0.3, 0.4) is 0 Å². The first-order valence-electron chi connectivity index (χ1n) is 44.0. The summed E-state index contributed by atoms with van der Waals surface area (Å²) in [6.45, 7) is 13.3. The number of pyridine rings is 12. The topological polar surface area (TPSA) is 417 Å². The van der Waals surface area contributed by atoms with Crippen molar-refractivity contribution in [1.29, 1.82) is 0 Å². The van der Waals surface area contributed by atoms with E-state index in [1.54, 1.807) is 214 Å². The van der Waals surface area contributed by atoms with Gasteiger partial charge in [0.05, 0.1) is 44.1 Å². The summed E-state index contributed by atoms with van der Waals surface area (Å²) in [5.74, 6) is -1.51. The van der Waals surface area contributed by atoms with Gasteiger partial charge in [0.15, 0.2) is 12.4 Å². The Balaban J connectivity index is 0.000000124. The van der Waals surface area contributed by atoms with Crippen molar-refractivity contribution >= 4 is 67.8 Å². The molecule has 134 heavy (non-hydrogen) atoms. The van der Waals surface area contributed by atoms with Crippen molar-refractivity contribution in [3.63, 3.8) is 0 Å². The minimum Gasteiger partial charge on any atom is -0.618 e. The zero-order chi connectivity index (χ0) is 94.4. The fourth-order valence-corrected chi connectivity index (χ4v) is 15.4. The van der Waals surface area contributed by atoms with Gasteiger partial charge in [0.25, 0.3) is 23.6 Å². The highest BCUT2D eigenvalue weighted by atomic mass is 16.5. The molecule has 4 aromatic carbocycles. The van der Waals surface area contributed by atoms with Crippen molar-refractivity contribution in [3.05, 3.63) is 365 Å². The van der Waals surface area contributed by atoms with Crippen molar-refractivity contribution in [3.8, 4) is 67.5 Å². The fourth-order valence-electron chi connectivity index (χ4n) is 15.4. The lowest BCUT2D eigenvalue weighted by molar-refractivity contribution is -0.622. The summed E-state index contributed by atoms with van der Waals surface area (Å²) in [5.41, 5.74) is 7.22. The van der Waals surface area contributed by atoms with Crippen LogP contribution in [0, 0.1) is 10.4 Å². The number of benzene rings is 4. The Kier molecular flexibility index (Phi) is 24.6. The summed E-state index contributed by atoms with van der Waals surface area (Å²) in [6, 6.07) is 58.1. The number of hydrogen-bond donors (Lipinski definition) is 8. The first-order valence-corrected chi connectivity index (χ1v) is 44.0. The molecular weight excluding hydrogens is 1700 g/mol. The Bertz CT molecular complexity index is 7600. The van der Waals surface area contributed by atoms with Gasteiger partial charge in [-0.1, -0.05) is 48.5 Å². The third-order valence-corrected chi connectivity index (χ3v) is 23.5. The van der Waals surface area contributed by atoms with E-state index in [1.165, 1.54) is 24.8 Å². The predicted molar refractivity (Wildman–Crippen MR) is 508 cm³/mol. The molecule has 16 aromatic rings. The fraction of sp³-hybridized carbons (Fsp3) is 0.231. The molecule has 8 N–H and O–H groups in total. The minimum atomic E-state index is -1.31. The molecule has 0 radical (unpaired) electrons. The number of nitrogens with one attached hydrogen (secondary N) is 4. The minimum absolute atomic E-state index is 0.0423. The van der Waals surface area contributed by atoms with Gasteiger partial charge < -0.3 is 70.4 Å². The van der Waals surface area contributed by atoms with Gasteiger partial charge in [-0.15, -0.1) is 0 Å². The molecule has 4 saturated carbocycles. The molecule has 0 saturated heterocycles. The Morgan fingerprint density at radius 2 is 0.679 bits per heavy atom. The van der Waals surface area contributed by atoms with E-state index in [0.717, 1.165) is 107 Å². The lowest BCUT2D eigenvalue weighted by atomic mass is 9.97. The van der Waals surface area contributed by atoms with Crippen LogP contribution in [0.2, 0.25) is 0 Å². The molecule has 0 aliphatic heterocycles. The van der Waals surface area contributed by atoms with Gasteiger partial charge in [-0.2, -0.15) is 9.46 Å². The number of carbonyl (C=O) groups is 4. The summed E-state index contributed by atoms with van der Waals surface area (Å²) in [5, 5.41) is 79.1. The van der Waals surface area contributed by atoms with Gasteiger partial charge >= 0.3 is 0 Å². The van der Waals surface area contributed by atoms with Crippen LogP contribution in [-0.4, -0.2) is 116 Å². The second-order valence-corrected chi connectivity index (χ2v) is 36.0. The number of hydrogen-bond acceptors (Lipinski definition) is 20. The molecule has 676 valence electrons. The van der Waals surface area contributed by atoms with E-state index in [1.807, 2.05) is 103 Å². The first-order chi connectivity index (χ1) is 64.1. The van der Waals surface area contributed by atoms with E-state index < -0.39 is 28.3 Å². The number of fused-ring (bicyclic) bond motifs is 4. The van der Waals surface area contributed by atoms with Gasteiger partial charge in [-0.3, -0.25) is 48.3 Å². The molecular formula is C104H96N16O14. The Morgan fingerprint density at radius 3 is 1.03 bits per heavy atom. The quantitative estimate of drug-likeness (QED) is 0.0259. The maximum atomic E-state index is 13.0.